The van der Waals surface area contributed by atoms with Crippen LogP contribution in [-0.4, -0.2) is 48.3 Å². The molecular weight excluding hydrogens is 200 g/mol. The van der Waals surface area contributed by atoms with Crippen LogP contribution in [0.3, 0.4) is 0 Å². The van der Waals surface area contributed by atoms with Gasteiger partial charge in [0, 0.05) is 32.2 Å². The number of hydrogen-bond acceptors (Lipinski definition) is 3. The monoisotopic (exact) mass is 226 g/mol. The number of rotatable bonds is 2. The Kier molecular flexibility index (Phi) is 4.22. The van der Waals surface area contributed by atoms with E-state index in [9.17, 15) is 5.11 Å². The summed E-state index contributed by atoms with van der Waals surface area (Å²) in [5.41, 5.74) is 0. The van der Waals surface area contributed by atoms with Crippen LogP contribution >= 0.6 is 0 Å². The quantitative estimate of drug-likeness (QED) is 0.739. The third kappa shape index (κ3) is 2.76. The van der Waals surface area contributed by atoms with E-state index < -0.39 is 0 Å². The van der Waals surface area contributed by atoms with E-state index >= 15 is 0 Å². The predicted molar refractivity (Wildman–Crippen MR) is 66.4 cm³/mol. The molecule has 0 aromatic carbocycles. The van der Waals surface area contributed by atoms with Gasteiger partial charge in [0.25, 0.3) is 0 Å². The van der Waals surface area contributed by atoms with E-state index in [1.165, 1.54) is 12.8 Å². The summed E-state index contributed by atoms with van der Waals surface area (Å²) in [5.74, 6) is 1.15. The minimum absolute atomic E-state index is 0.0753. The second-order valence-electron chi connectivity index (χ2n) is 5.73. The van der Waals surface area contributed by atoms with Gasteiger partial charge in [-0.25, -0.2) is 0 Å². The Labute approximate surface area is 99.2 Å². The number of hydrogen-bond donors (Lipinski definition) is 2. The molecule has 16 heavy (non-hydrogen) atoms. The lowest BCUT2D eigenvalue weighted by Gasteiger charge is -2.42. The molecule has 0 bridgehead atoms. The van der Waals surface area contributed by atoms with Crippen molar-refractivity contribution < 1.29 is 5.11 Å². The average Bonchev–Trinajstić information content (AvgIpc) is 2.29. The number of nitrogens with one attached hydrogen (secondary N) is 1. The third-order valence-corrected chi connectivity index (χ3v) is 4.37. The predicted octanol–water partition coefficient (Wildman–Crippen LogP) is 1.08. The summed E-state index contributed by atoms with van der Waals surface area (Å²) in [7, 11) is 0. The van der Waals surface area contributed by atoms with Gasteiger partial charge in [0.05, 0.1) is 6.10 Å². The van der Waals surface area contributed by atoms with Gasteiger partial charge in [-0.15, -0.1) is 0 Å². The molecule has 0 aromatic heterocycles. The molecule has 1 saturated heterocycles. The van der Waals surface area contributed by atoms with Gasteiger partial charge in [0.2, 0.25) is 0 Å². The Morgan fingerprint density at radius 3 is 2.44 bits per heavy atom. The van der Waals surface area contributed by atoms with Crippen molar-refractivity contribution in [2.24, 2.45) is 11.8 Å². The molecule has 1 saturated carbocycles. The molecule has 3 unspecified atom stereocenters. The summed E-state index contributed by atoms with van der Waals surface area (Å²) in [6, 6.07) is 0.632. The normalized spacial score (nSPS) is 37.9. The highest BCUT2D eigenvalue weighted by molar-refractivity contribution is 4.87. The smallest absolute Gasteiger partial charge is 0.0585 e. The van der Waals surface area contributed by atoms with Crippen molar-refractivity contribution in [2.75, 3.05) is 26.2 Å². The summed E-state index contributed by atoms with van der Waals surface area (Å²) in [6.07, 6.45) is 3.39. The molecule has 0 amide bonds. The van der Waals surface area contributed by atoms with Crippen LogP contribution in [-0.2, 0) is 0 Å². The zero-order chi connectivity index (χ0) is 11.5. The Balaban J connectivity index is 1.86. The van der Waals surface area contributed by atoms with Gasteiger partial charge in [-0.05, 0) is 31.1 Å². The zero-order valence-electron chi connectivity index (χ0n) is 10.7. The first-order chi connectivity index (χ1) is 7.68. The van der Waals surface area contributed by atoms with E-state index in [0.29, 0.717) is 17.9 Å². The van der Waals surface area contributed by atoms with Gasteiger partial charge in [0.15, 0.2) is 0 Å². The fraction of sp³-hybridized carbons (Fsp3) is 1.00. The van der Waals surface area contributed by atoms with Crippen LogP contribution in [0.4, 0.5) is 0 Å². The lowest BCUT2D eigenvalue weighted by atomic mass is 9.77. The van der Waals surface area contributed by atoms with Crippen molar-refractivity contribution in [1.29, 1.82) is 0 Å². The van der Waals surface area contributed by atoms with E-state index in [1.54, 1.807) is 0 Å². The van der Waals surface area contributed by atoms with Crippen LogP contribution in [0.5, 0.6) is 0 Å². The van der Waals surface area contributed by atoms with Crippen LogP contribution in [0.25, 0.3) is 0 Å². The van der Waals surface area contributed by atoms with Crippen molar-refractivity contribution in [3.8, 4) is 0 Å². The second-order valence-corrected chi connectivity index (χ2v) is 5.73. The molecular formula is C13H26N2O. The lowest BCUT2D eigenvalue weighted by molar-refractivity contribution is -0.000635. The highest BCUT2D eigenvalue weighted by Gasteiger charge is 2.33. The van der Waals surface area contributed by atoms with Crippen molar-refractivity contribution in [1.82, 2.24) is 10.2 Å². The standard InChI is InChI=1S/C13H26N2O/c1-10(2)12-4-3-11(9-13(12)16)15-7-5-14-6-8-15/h10-14,16H,3-9H2,1-2H3. The molecule has 1 aliphatic carbocycles. The van der Waals surface area contributed by atoms with Gasteiger partial charge >= 0.3 is 0 Å². The summed E-state index contributed by atoms with van der Waals surface area (Å²) >= 11 is 0. The highest BCUT2D eigenvalue weighted by atomic mass is 16.3. The van der Waals surface area contributed by atoms with Crippen LogP contribution < -0.4 is 5.32 Å². The zero-order valence-corrected chi connectivity index (χ0v) is 10.7. The highest BCUT2D eigenvalue weighted by Crippen LogP contribution is 2.32. The number of aliphatic hydroxyl groups excluding tert-OH is 1. The minimum Gasteiger partial charge on any atom is -0.393 e. The van der Waals surface area contributed by atoms with Crippen LogP contribution in [0.1, 0.15) is 33.1 Å². The van der Waals surface area contributed by atoms with Gasteiger partial charge in [-0.1, -0.05) is 13.8 Å². The lowest BCUT2D eigenvalue weighted by Crippen LogP contribution is -2.51. The maximum Gasteiger partial charge on any atom is 0.0585 e. The Bertz CT molecular complexity index is 214. The number of aliphatic hydroxyl groups is 1. The van der Waals surface area contributed by atoms with E-state index in [-0.39, 0.29) is 6.10 Å². The molecule has 3 nitrogen and oxygen atoms in total. The SMILES string of the molecule is CC(C)C1CCC(N2CCNCC2)CC1O. The summed E-state index contributed by atoms with van der Waals surface area (Å²) < 4.78 is 0. The van der Waals surface area contributed by atoms with Crippen molar-refractivity contribution in [3.63, 3.8) is 0 Å². The molecule has 2 rings (SSSR count). The van der Waals surface area contributed by atoms with Crippen LogP contribution in [0.15, 0.2) is 0 Å². The molecule has 1 aliphatic heterocycles. The molecule has 1 heterocycles. The van der Waals surface area contributed by atoms with Crippen LogP contribution in [0.2, 0.25) is 0 Å². The first-order valence-electron chi connectivity index (χ1n) is 6.81. The summed E-state index contributed by atoms with van der Waals surface area (Å²) in [4.78, 5) is 2.57. The summed E-state index contributed by atoms with van der Waals surface area (Å²) in [6.45, 7) is 9.01. The van der Waals surface area contributed by atoms with E-state index in [1.807, 2.05) is 0 Å². The average molecular weight is 226 g/mol. The van der Waals surface area contributed by atoms with Crippen molar-refractivity contribution >= 4 is 0 Å². The van der Waals surface area contributed by atoms with E-state index in [0.717, 1.165) is 32.6 Å². The molecule has 0 radical (unpaired) electrons. The van der Waals surface area contributed by atoms with Crippen molar-refractivity contribution in [2.45, 2.75) is 45.3 Å². The Morgan fingerprint density at radius 2 is 1.88 bits per heavy atom. The van der Waals surface area contributed by atoms with Gasteiger partial charge in [-0.2, -0.15) is 0 Å². The molecule has 2 N–H and O–H groups in total. The Morgan fingerprint density at radius 1 is 1.19 bits per heavy atom. The fourth-order valence-electron chi connectivity index (χ4n) is 3.31. The largest absolute Gasteiger partial charge is 0.393 e. The molecule has 0 spiro atoms. The topological polar surface area (TPSA) is 35.5 Å². The van der Waals surface area contributed by atoms with Gasteiger partial charge in [0.1, 0.15) is 0 Å². The molecule has 94 valence electrons. The fourth-order valence-corrected chi connectivity index (χ4v) is 3.31. The minimum atomic E-state index is -0.0753. The molecule has 0 aromatic rings. The van der Waals surface area contributed by atoms with Crippen LogP contribution in [0, 0.1) is 11.8 Å². The number of nitrogens with zero attached hydrogens (tertiary/aromatic N) is 1. The first-order valence-corrected chi connectivity index (χ1v) is 6.81. The van der Waals surface area contributed by atoms with Gasteiger partial charge in [-0.3, -0.25) is 4.90 Å². The second kappa shape index (κ2) is 5.48. The molecule has 3 heteroatoms. The molecule has 3 atom stereocenters. The maximum atomic E-state index is 10.2. The van der Waals surface area contributed by atoms with Crippen molar-refractivity contribution in [3.05, 3.63) is 0 Å². The van der Waals surface area contributed by atoms with E-state index in [2.05, 4.69) is 24.1 Å². The Hall–Kier alpha value is -0.120. The first kappa shape index (κ1) is 12.3. The summed E-state index contributed by atoms with van der Waals surface area (Å²) in [5, 5.41) is 13.6. The van der Waals surface area contributed by atoms with E-state index in [4.69, 9.17) is 0 Å². The number of piperazine rings is 1. The van der Waals surface area contributed by atoms with Gasteiger partial charge < -0.3 is 10.4 Å². The molecule has 2 aliphatic rings. The maximum absolute atomic E-state index is 10.2. The molecule has 2 fully saturated rings. The third-order valence-electron chi connectivity index (χ3n) is 4.37.